The maximum absolute atomic E-state index is 13.8. The Balaban J connectivity index is 1.22. The first-order valence-corrected chi connectivity index (χ1v) is 11.4. The average Bonchev–Trinajstić information content (AvgIpc) is 3.22. The number of hydrogen-bond donors (Lipinski definition) is 0. The van der Waals surface area contributed by atoms with Gasteiger partial charge in [0.2, 0.25) is 0 Å². The summed E-state index contributed by atoms with van der Waals surface area (Å²) in [7, 11) is 0. The standard InChI is InChI=1S/C22H24FN5S2/c23-21-9-5-4-8-19(21)15-28-16-20(24-25-28)17-30-22(29)27-12-10-26(11-13-27)14-18-6-2-1-3-7-18/h1-9,16H,10-15,17H2. The molecule has 0 aliphatic carbocycles. The van der Waals surface area contributed by atoms with Crippen molar-refractivity contribution in [3.63, 3.8) is 0 Å². The van der Waals surface area contributed by atoms with Gasteiger partial charge >= 0.3 is 0 Å². The third-order valence-corrected chi connectivity index (χ3v) is 6.66. The highest BCUT2D eigenvalue weighted by Gasteiger charge is 2.19. The van der Waals surface area contributed by atoms with Crippen molar-refractivity contribution in [3.8, 4) is 0 Å². The second kappa shape index (κ2) is 10.1. The number of thioether (sulfide) groups is 1. The molecular weight excluding hydrogens is 417 g/mol. The number of piperazine rings is 1. The summed E-state index contributed by atoms with van der Waals surface area (Å²) in [6, 6.07) is 17.3. The summed E-state index contributed by atoms with van der Waals surface area (Å²) in [5.74, 6) is 0.442. The van der Waals surface area contributed by atoms with Crippen molar-refractivity contribution in [2.24, 2.45) is 0 Å². The van der Waals surface area contributed by atoms with Crippen LogP contribution in [0.3, 0.4) is 0 Å². The Morgan fingerprint density at radius 2 is 1.70 bits per heavy atom. The van der Waals surface area contributed by atoms with E-state index in [0.29, 0.717) is 17.9 Å². The highest BCUT2D eigenvalue weighted by atomic mass is 32.2. The molecule has 1 saturated heterocycles. The van der Waals surface area contributed by atoms with Crippen molar-refractivity contribution >= 4 is 28.3 Å². The quantitative estimate of drug-likeness (QED) is 0.542. The van der Waals surface area contributed by atoms with Gasteiger partial charge in [-0.15, -0.1) is 5.10 Å². The maximum Gasteiger partial charge on any atom is 0.136 e. The van der Waals surface area contributed by atoms with Gasteiger partial charge < -0.3 is 4.90 Å². The predicted octanol–water partition coefficient (Wildman–Crippen LogP) is 3.80. The Morgan fingerprint density at radius 1 is 0.967 bits per heavy atom. The van der Waals surface area contributed by atoms with Crippen molar-refractivity contribution in [1.29, 1.82) is 0 Å². The lowest BCUT2D eigenvalue weighted by Crippen LogP contribution is -2.47. The lowest BCUT2D eigenvalue weighted by molar-refractivity contribution is 0.179. The number of rotatable bonds is 6. The second-order valence-electron chi connectivity index (χ2n) is 7.30. The van der Waals surface area contributed by atoms with Gasteiger partial charge in [0.1, 0.15) is 10.1 Å². The van der Waals surface area contributed by atoms with E-state index in [4.69, 9.17) is 12.2 Å². The Morgan fingerprint density at radius 3 is 2.47 bits per heavy atom. The summed E-state index contributed by atoms with van der Waals surface area (Å²) in [5, 5.41) is 8.32. The molecule has 0 saturated carbocycles. The SMILES string of the molecule is Fc1ccccc1Cn1cc(CSC(=S)N2CCN(Cc3ccccc3)CC2)nn1. The summed E-state index contributed by atoms with van der Waals surface area (Å²) in [4.78, 5) is 4.73. The molecule has 0 radical (unpaired) electrons. The Bertz CT molecular complexity index is 970. The Hall–Kier alpha value is -2.29. The largest absolute Gasteiger partial charge is 0.355 e. The van der Waals surface area contributed by atoms with Gasteiger partial charge in [-0.3, -0.25) is 4.90 Å². The number of hydrogen-bond acceptors (Lipinski definition) is 5. The molecule has 156 valence electrons. The number of halogens is 1. The number of benzene rings is 2. The molecule has 8 heteroatoms. The van der Waals surface area contributed by atoms with Gasteiger partial charge in [0, 0.05) is 50.2 Å². The van der Waals surface area contributed by atoms with Gasteiger partial charge in [0.25, 0.3) is 0 Å². The van der Waals surface area contributed by atoms with Gasteiger partial charge in [-0.2, -0.15) is 0 Å². The van der Waals surface area contributed by atoms with Gasteiger partial charge in [0.15, 0.2) is 0 Å². The lowest BCUT2D eigenvalue weighted by Gasteiger charge is -2.35. The van der Waals surface area contributed by atoms with Gasteiger partial charge in [-0.1, -0.05) is 77.7 Å². The van der Waals surface area contributed by atoms with Crippen LogP contribution in [0.4, 0.5) is 4.39 Å². The van der Waals surface area contributed by atoms with Gasteiger partial charge in [-0.05, 0) is 11.6 Å². The van der Waals surface area contributed by atoms with Crippen molar-refractivity contribution < 1.29 is 4.39 Å². The van der Waals surface area contributed by atoms with E-state index >= 15 is 0 Å². The predicted molar refractivity (Wildman–Crippen MR) is 123 cm³/mol. The van der Waals surface area contributed by atoms with Crippen molar-refractivity contribution in [1.82, 2.24) is 24.8 Å². The first-order chi connectivity index (χ1) is 14.7. The van der Waals surface area contributed by atoms with Crippen molar-refractivity contribution in [2.45, 2.75) is 18.8 Å². The van der Waals surface area contributed by atoms with Crippen LogP contribution < -0.4 is 0 Å². The molecule has 1 aliphatic heterocycles. The molecule has 0 spiro atoms. The molecule has 3 aromatic rings. The zero-order valence-electron chi connectivity index (χ0n) is 16.7. The van der Waals surface area contributed by atoms with Gasteiger partial charge in [0.05, 0.1) is 12.2 Å². The molecule has 0 unspecified atom stereocenters. The van der Waals surface area contributed by atoms with E-state index in [2.05, 4.69) is 50.4 Å². The van der Waals surface area contributed by atoms with E-state index in [0.717, 1.165) is 42.7 Å². The van der Waals surface area contributed by atoms with Crippen LogP contribution in [0.1, 0.15) is 16.8 Å². The van der Waals surface area contributed by atoms with E-state index in [1.165, 1.54) is 11.6 Å². The van der Waals surface area contributed by atoms with E-state index in [1.807, 2.05) is 12.3 Å². The summed E-state index contributed by atoms with van der Waals surface area (Å²) < 4.78 is 16.4. The minimum atomic E-state index is -0.225. The molecule has 30 heavy (non-hydrogen) atoms. The van der Waals surface area contributed by atoms with Crippen LogP contribution in [0.2, 0.25) is 0 Å². The van der Waals surface area contributed by atoms with Crippen LogP contribution in [-0.2, 0) is 18.8 Å². The highest BCUT2D eigenvalue weighted by Crippen LogP contribution is 2.18. The zero-order chi connectivity index (χ0) is 20.8. The van der Waals surface area contributed by atoms with E-state index in [-0.39, 0.29) is 5.82 Å². The molecule has 0 N–H and O–H groups in total. The minimum Gasteiger partial charge on any atom is -0.355 e. The van der Waals surface area contributed by atoms with Crippen LogP contribution >= 0.6 is 24.0 Å². The fourth-order valence-electron chi connectivity index (χ4n) is 3.44. The first-order valence-electron chi connectivity index (χ1n) is 9.98. The molecule has 1 aliphatic rings. The molecular formula is C22H24FN5S2. The molecule has 2 heterocycles. The van der Waals surface area contributed by atoms with Crippen LogP contribution in [-0.4, -0.2) is 55.3 Å². The minimum absolute atomic E-state index is 0.225. The summed E-state index contributed by atoms with van der Waals surface area (Å²) >= 11 is 7.25. The summed E-state index contributed by atoms with van der Waals surface area (Å²) in [5.41, 5.74) is 2.80. The third-order valence-electron chi connectivity index (χ3n) is 5.10. The molecule has 1 aromatic heterocycles. The van der Waals surface area contributed by atoms with Crippen LogP contribution in [0.5, 0.6) is 0 Å². The fourth-order valence-corrected chi connectivity index (χ4v) is 4.57. The van der Waals surface area contributed by atoms with E-state index in [9.17, 15) is 4.39 Å². The molecule has 1 fully saturated rings. The van der Waals surface area contributed by atoms with Gasteiger partial charge in [-0.25, -0.2) is 9.07 Å². The molecule has 4 rings (SSSR count). The average molecular weight is 442 g/mol. The second-order valence-corrected chi connectivity index (χ2v) is 8.91. The first kappa shape index (κ1) is 21.0. The summed E-state index contributed by atoms with van der Waals surface area (Å²) in [6.07, 6.45) is 1.86. The molecule has 5 nitrogen and oxygen atoms in total. The van der Waals surface area contributed by atoms with Crippen LogP contribution in [0.15, 0.2) is 60.8 Å². The number of aromatic nitrogens is 3. The van der Waals surface area contributed by atoms with Crippen molar-refractivity contribution in [3.05, 3.63) is 83.4 Å². The Kier molecular flexibility index (Phi) is 7.09. The topological polar surface area (TPSA) is 37.2 Å². The highest BCUT2D eigenvalue weighted by molar-refractivity contribution is 8.22. The normalized spacial score (nSPS) is 14.8. The van der Waals surface area contributed by atoms with Crippen LogP contribution in [0.25, 0.3) is 0 Å². The molecule has 2 aromatic carbocycles. The molecule has 0 bridgehead atoms. The Labute approximate surface area is 185 Å². The lowest BCUT2D eigenvalue weighted by atomic mass is 10.2. The van der Waals surface area contributed by atoms with Crippen LogP contribution in [0, 0.1) is 5.82 Å². The monoisotopic (exact) mass is 441 g/mol. The van der Waals surface area contributed by atoms with E-state index < -0.39 is 0 Å². The number of nitrogens with zero attached hydrogens (tertiary/aromatic N) is 5. The van der Waals surface area contributed by atoms with E-state index in [1.54, 1.807) is 28.6 Å². The summed E-state index contributed by atoms with van der Waals surface area (Å²) in [6.45, 7) is 5.26. The fraction of sp³-hybridized carbons (Fsp3) is 0.318. The maximum atomic E-state index is 13.8. The number of thiocarbonyl (C=S) groups is 1. The molecule has 0 atom stereocenters. The molecule has 0 amide bonds. The third kappa shape index (κ3) is 5.65. The zero-order valence-corrected chi connectivity index (χ0v) is 18.3. The van der Waals surface area contributed by atoms with Crippen molar-refractivity contribution in [2.75, 3.05) is 26.2 Å². The smallest absolute Gasteiger partial charge is 0.136 e.